The quantitative estimate of drug-likeness (QED) is 0.0370. The number of aliphatic hydroxyl groups is 1. The molecule has 1 rings (SSSR count). The fourth-order valence-electron chi connectivity index (χ4n) is 6.19. The van der Waals surface area contributed by atoms with Gasteiger partial charge in [-0.05, 0) is 63.8 Å². The van der Waals surface area contributed by atoms with Crippen LogP contribution in [0.3, 0.4) is 0 Å². The van der Waals surface area contributed by atoms with Gasteiger partial charge in [-0.3, -0.25) is 43.2 Å². The molecule has 59 heavy (non-hydrogen) atoms. The molecule has 1 aliphatic rings. The third kappa shape index (κ3) is 17.5. The minimum absolute atomic E-state index is 0.00730. The van der Waals surface area contributed by atoms with Crippen LogP contribution in [0.25, 0.3) is 0 Å². The minimum atomic E-state index is -1.78. The van der Waals surface area contributed by atoms with Crippen molar-refractivity contribution < 1.29 is 68.4 Å². The molecule has 0 saturated carbocycles. The number of rotatable bonds is 26. The Balaban J connectivity index is 3.31. The lowest BCUT2D eigenvalue weighted by Gasteiger charge is -2.31. The molecule has 7 amide bonds. The molecule has 14 N–H and O–H groups in total. The number of aliphatic carboxylic acids is 3. The van der Waals surface area contributed by atoms with Crippen LogP contribution in [0.1, 0.15) is 86.0 Å². The molecule has 1 heterocycles. The second-order valence-corrected chi connectivity index (χ2v) is 15.1. The van der Waals surface area contributed by atoms with E-state index in [1.807, 2.05) is 0 Å². The number of hydrogen-bond acceptors (Lipinski definition) is 13. The molecule has 0 bridgehead atoms. The molecule has 1 fully saturated rings. The van der Waals surface area contributed by atoms with Crippen molar-refractivity contribution in [3.05, 3.63) is 0 Å². The average Bonchev–Trinajstić information content (AvgIpc) is 3.63. The van der Waals surface area contributed by atoms with Crippen LogP contribution in [0.2, 0.25) is 0 Å². The molecular weight excluding hydrogens is 782 g/mol. The Kier molecular flexibility index (Phi) is 22.0. The summed E-state index contributed by atoms with van der Waals surface area (Å²) in [5.41, 5.74) is 10.9. The Morgan fingerprint density at radius 3 is 1.66 bits per heavy atom. The molecule has 0 aliphatic carbocycles. The third-order valence-electron chi connectivity index (χ3n) is 9.26. The summed E-state index contributed by atoms with van der Waals surface area (Å²) in [6.07, 6.45) is -2.30. The van der Waals surface area contributed by atoms with Crippen molar-refractivity contribution in [2.24, 2.45) is 23.3 Å². The molecule has 1 saturated heterocycles. The van der Waals surface area contributed by atoms with Crippen LogP contribution in [0, 0.1) is 11.8 Å². The number of carbonyl (C=O) groups excluding carboxylic acids is 7. The number of aliphatic hydroxyl groups excluding tert-OH is 1. The van der Waals surface area contributed by atoms with Crippen LogP contribution >= 0.6 is 0 Å². The van der Waals surface area contributed by atoms with Crippen molar-refractivity contribution in [2.75, 3.05) is 19.6 Å². The van der Waals surface area contributed by atoms with Gasteiger partial charge in [0.1, 0.15) is 42.3 Å². The SMILES string of the molecule is CC(C)C[C@H](NC(=O)[C@H](CC(=O)O)NC(=O)[C@@H](NC(=O)[C@H](CCCCN)NC(=O)[C@H](CC(=O)O)NC(=O)[C@@H]1CCCN1C(=O)[C@@H](NC(=O)CN)[C@@H](C)O)C(C)C)C(=O)O. The number of nitrogens with one attached hydrogen (secondary N) is 6. The summed E-state index contributed by atoms with van der Waals surface area (Å²) in [4.78, 5) is 129. The van der Waals surface area contributed by atoms with Crippen molar-refractivity contribution in [3.8, 4) is 0 Å². The van der Waals surface area contributed by atoms with Crippen LogP contribution < -0.4 is 43.4 Å². The number of carbonyl (C=O) groups is 10. The normalized spacial score (nSPS) is 17.3. The molecule has 0 aromatic rings. The maximum atomic E-state index is 13.7. The molecule has 0 unspecified atom stereocenters. The number of likely N-dealkylation sites (tertiary alicyclic amines) is 1. The lowest BCUT2D eigenvalue weighted by Crippen LogP contribution is -2.61. The van der Waals surface area contributed by atoms with Gasteiger partial charge in [0.2, 0.25) is 41.4 Å². The fraction of sp³-hybridized carbons (Fsp3) is 0.722. The van der Waals surface area contributed by atoms with Crippen molar-refractivity contribution in [3.63, 3.8) is 0 Å². The van der Waals surface area contributed by atoms with Crippen LogP contribution in [-0.4, -0.2) is 153 Å². The lowest BCUT2D eigenvalue weighted by molar-refractivity contribution is -0.145. The minimum Gasteiger partial charge on any atom is -0.481 e. The topological polar surface area (TPSA) is 379 Å². The van der Waals surface area contributed by atoms with E-state index >= 15 is 0 Å². The smallest absolute Gasteiger partial charge is 0.326 e. The highest BCUT2D eigenvalue weighted by Gasteiger charge is 2.41. The highest BCUT2D eigenvalue weighted by atomic mass is 16.4. The van der Waals surface area contributed by atoms with E-state index < -0.39 is 133 Å². The van der Waals surface area contributed by atoms with Crippen molar-refractivity contribution >= 4 is 59.3 Å². The van der Waals surface area contributed by atoms with E-state index in [1.165, 1.54) is 20.8 Å². The Hall–Kier alpha value is -5.42. The summed E-state index contributed by atoms with van der Waals surface area (Å²) < 4.78 is 0. The Morgan fingerprint density at radius 1 is 0.661 bits per heavy atom. The summed E-state index contributed by atoms with van der Waals surface area (Å²) in [6, 6.07) is -10.5. The van der Waals surface area contributed by atoms with Gasteiger partial charge in [0.25, 0.3) is 0 Å². The van der Waals surface area contributed by atoms with Crippen molar-refractivity contribution in [1.82, 2.24) is 36.8 Å². The Labute approximate surface area is 341 Å². The molecule has 0 spiro atoms. The molecular formula is C36H61N9O14. The first-order valence-corrected chi connectivity index (χ1v) is 19.4. The van der Waals surface area contributed by atoms with Crippen LogP contribution in [0.5, 0.6) is 0 Å². The largest absolute Gasteiger partial charge is 0.481 e. The van der Waals surface area contributed by atoms with E-state index in [-0.39, 0.29) is 44.7 Å². The van der Waals surface area contributed by atoms with E-state index in [9.17, 15) is 68.4 Å². The molecule has 0 aromatic carbocycles. The predicted molar refractivity (Wildman–Crippen MR) is 206 cm³/mol. The zero-order chi connectivity index (χ0) is 45.1. The molecule has 23 nitrogen and oxygen atoms in total. The van der Waals surface area contributed by atoms with E-state index in [0.29, 0.717) is 12.8 Å². The first-order valence-electron chi connectivity index (χ1n) is 19.4. The number of amides is 7. The molecule has 0 radical (unpaired) electrons. The van der Waals surface area contributed by atoms with Gasteiger partial charge in [0.15, 0.2) is 0 Å². The lowest BCUT2D eigenvalue weighted by atomic mass is 10.00. The number of carboxylic acids is 3. The fourth-order valence-corrected chi connectivity index (χ4v) is 6.19. The Bertz CT molecular complexity index is 1530. The summed E-state index contributed by atoms with van der Waals surface area (Å²) in [5, 5.41) is 52.8. The zero-order valence-electron chi connectivity index (χ0n) is 34.0. The van der Waals surface area contributed by atoms with Gasteiger partial charge in [-0.25, -0.2) is 4.79 Å². The van der Waals surface area contributed by atoms with Crippen molar-refractivity contribution in [2.45, 2.75) is 134 Å². The third-order valence-corrected chi connectivity index (χ3v) is 9.26. The van der Waals surface area contributed by atoms with E-state index in [4.69, 9.17) is 11.5 Å². The molecule has 8 atom stereocenters. The highest BCUT2D eigenvalue weighted by Crippen LogP contribution is 2.20. The maximum Gasteiger partial charge on any atom is 0.326 e. The van der Waals surface area contributed by atoms with E-state index in [1.54, 1.807) is 13.8 Å². The van der Waals surface area contributed by atoms with Crippen LogP contribution in [0.15, 0.2) is 0 Å². The van der Waals surface area contributed by atoms with Crippen LogP contribution in [-0.2, 0) is 47.9 Å². The van der Waals surface area contributed by atoms with Gasteiger partial charge in [-0.15, -0.1) is 0 Å². The van der Waals surface area contributed by atoms with E-state index in [0.717, 1.165) is 4.90 Å². The number of nitrogens with zero attached hydrogens (tertiary/aromatic N) is 1. The summed E-state index contributed by atoms with van der Waals surface area (Å²) in [5.74, 6) is -11.9. The molecule has 1 aliphatic heterocycles. The zero-order valence-corrected chi connectivity index (χ0v) is 34.0. The first kappa shape index (κ1) is 51.6. The van der Waals surface area contributed by atoms with Gasteiger partial charge in [-0.2, -0.15) is 0 Å². The summed E-state index contributed by atoms with van der Waals surface area (Å²) >= 11 is 0. The number of hydrogen-bond donors (Lipinski definition) is 12. The maximum absolute atomic E-state index is 13.7. The van der Waals surface area contributed by atoms with Gasteiger partial charge in [0, 0.05) is 6.54 Å². The van der Waals surface area contributed by atoms with E-state index in [2.05, 4.69) is 31.9 Å². The highest BCUT2D eigenvalue weighted by molar-refractivity contribution is 5.99. The Morgan fingerprint density at radius 2 is 1.19 bits per heavy atom. The summed E-state index contributed by atoms with van der Waals surface area (Å²) in [7, 11) is 0. The second-order valence-electron chi connectivity index (χ2n) is 15.1. The van der Waals surface area contributed by atoms with Gasteiger partial charge in [-0.1, -0.05) is 27.7 Å². The monoisotopic (exact) mass is 843 g/mol. The molecule has 23 heteroatoms. The number of nitrogens with two attached hydrogens (primary N) is 2. The average molecular weight is 844 g/mol. The standard InChI is InChI=1S/C36H61N9O14/c1-17(2)13-23(36(58)59)42-32(54)22(15-27(50)51)41-34(56)28(18(3)4)44-30(52)20(9-6-7-11-37)39-31(53)21(14-26(48)49)40-33(55)24-10-8-12-45(24)35(57)29(19(5)46)43-25(47)16-38/h17-24,28-29,46H,6-16,37-38H2,1-5H3,(H,39,53)(H,40,55)(H,41,56)(H,42,54)(H,43,47)(H,44,52)(H,48,49)(H,50,51)(H,58,59)/t19-,20+,21+,22+,23+,24+,28+,29+/m1/s1. The predicted octanol–water partition coefficient (Wildman–Crippen LogP) is -3.91. The summed E-state index contributed by atoms with van der Waals surface area (Å²) in [6.45, 7) is 7.46. The van der Waals surface area contributed by atoms with Crippen molar-refractivity contribution in [1.29, 1.82) is 0 Å². The number of carboxylic acid groups (broad SMARTS) is 3. The number of unbranched alkanes of at least 4 members (excludes halogenated alkanes) is 1. The van der Waals surface area contributed by atoms with Crippen LogP contribution in [0.4, 0.5) is 0 Å². The van der Waals surface area contributed by atoms with Gasteiger partial charge < -0.3 is 68.7 Å². The molecule has 334 valence electrons. The van der Waals surface area contributed by atoms with Gasteiger partial charge >= 0.3 is 17.9 Å². The first-order chi connectivity index (χ1) is 27.5. The molecule has 0 aromatic heterocycles. The van der Waals surface area contributed by atoms with Gasteiger partial charge in [0.05, 0.1) is 25.5 Å². The second kappa shape index (κ2) is 25.2.